The van der Waals surface area contributed by atoms with Crippen molar-refractivity contribution >= 4 is 29.9 Å². The Morgan fingerprint density at radius 1 is 1.15 bits per heavy atom. The number of aliphatic imine (C=N–C) groups is 1. The van der Waals surface area contributed by atoms with E-state index in [1.54, 1.807) is 6.26 Å². The van der Waals surface area contributed by atoms with E-state index in [1.807, 2.05) is 56.3 Å². The zero-order chi connectivity index (χ0) is 18.5. The molecular formula is C20H30IN3O3. The van der Waals surface area contributed by atoms with Crippen LogP contribution < -0.4 is 15.4 Å². The van der Waals surface area contributed by atoms with E-state index >= 15 is 0 Å². The number of ether oxygens (including phenoxy) is 2. The molecule has 1 unspecified atom stereocenters. The van der Waals surface area contributed by atoms with Crippen molar-refractivity contribution in [1.29, 1.82) is 0 Å². The Labute approximate surface area is 178 Å². The van der Waals surface area contributed by atoms with Crippen LogP contribution in [0.3, 0.4) is 0 Å². The van der Waals surface area contributed by atoms with E-state index in [4.69, 9.17) is 13.9 Å². The van der Waals surface area contributed by atoms with Crippen LogP contribution >= 0.6 is 24.0 Å². The molecular weight excluding hydrogens is 457 g/mol. The van der Waals surface area contributed by atoms with Crippen LogP contribution in [0, 0.1) is 0 Å². The number of guanidine groups is 1. The molecule has 0 aliphatic heterocycles. The molecule has 0 radical (unpaired) electrons. The van der Waals surface area contributed by atoms with Crippen molar-refractivity contribution in [2.24, 2.45) is 4.99 Å². The van der Waals surface area contributed by atoms with Crippen molar-refractivity contribution in [3.05, 3.63) is 54.5 Å². The number of rotatable bonds is 11. The molecule has 27 heavy (non-hydrogen) atoms. The summed E-state index contributed by atoms with van der Waals surface area (Å²) in [6.07, 6.45) is 2.55. The number of nitrogens with zero attached hydrogens (tertiary/aromatic N) is 1. The van der Waals surface area contributed by atoms with Crippen molar-refractivity contribution in [3.63, 3.8) is 0 Å². The highest BCUT2D eigenvalue weighted by Crippen LogP contribution is 2.10. The summed E-state index contributed by atoms with van der Waals surface area (Å²) in [7, 11) is 0. The van der Waals surface area contributed by atoms with Gasteiger partial charge in [-0.3, -0.25) is 0 Å². The maximum atomic E-state index is 5.84. The third-order valence-corrected chi connectivity index (χ3v) is 3.51. The molecule has 0 spiro atoms. The van der Waals surface area contributed by atoms with Crippen LogP contribution in [-0.2, 0) is 11.3 Å². The van der Waals surface area contributed by atoms with E-state index in [-0.39, 0.29) is 30.1 Å². The summed E-state index contributed by atoms with van der Waals surface area (Å²) in [4.78, 5) is 4.58. The van der Waals surface area contributed by atoms with Gasteiger partial charge < -0.3 is 24.5 Å². The molecule has 0 aliphatic carbocycles. The molecule has 0 fully saturated rings. The normalized spacial score (nSPS) is 12.1. The average molecular weight is 487 g/mol. The van der Waals surface area contributed by atoms with Crippen LogP contribution in [0.15, 0.2) is 58.1 Å². The third kappa shape index (κ3) is 10.2. The Kier molecular flexibility index (Phi) is 12.4. The minimum atomic E-state index is 0. The van der Waals surface area contributed by atoms with Gasteiger partial charge in [0.1, 0.15) is 24.2 Å². The van der Waals surface area contributed by atoms with Gasteiger partial charge in [-0.2, -0.15) is 0 Å². The van der Waals surface area contributed by atoms with Crippen molar-refractivity contribution in [3.8, 4) is 5.75 Å². The molecule has 1 heterocycles. The van der Waals surface area contributed by atoms with Crippen LogP contribution in [-0.4, -0.2) is 38.3 Å². The quantitative estimate of drug-likeness (QED) is 0.218. The molecule has 2 N–H and O–H groups in total. The first-order valence-electron chi connectivity index (χ1n) is 9.12. The van der Waals surface area contributed by atoms with Gasteiger partial charge >= 0.3 is 0 Å². The Morgan fingerprint density at radius 3 is 2.67 bits per heavy atom. The minimum Gasteiger partial charge on any atom is -0.489 e. The molecule has 1 atom stereocenters. The van der Waals surface area contributed by atoms with Gasteiger partial charge in [0.2, 0.25) is 0 Å². The summed E-state index contributed by atoms with van der Waals surface area (Å²) in [5, 5.41) is 6.56. The highest BCUT2D eigenvalue weighted by atomic mass is 127. The molecule has 0 saturated heterocycles. The van der Waals surface area contributed by atoms with Crippen LogP contribution in [0.5, 0.6) is 5.75 Å². The smallest absolute Gasteiger partial charge is 0.191 e. The van der Waals surface area contributed by atoms with Crippen LogP contribution in [0.1, 0.15) is 26.0 Å². The van der Waals surface area contributed by atoms with Gasteiger partial charge in [-0.25, -0.2) is 4.99 Å². The zero-order valence-electron chi connectivity index (χ0n) is 16.0. The fourth-order valence-electron chi connectivity index (χ4n) is 2.28. The van der Waals surface area contributed by atoms with Crippen LogP contribution in [0.2, 0.25) is 0 Å². The lowest BCUT2D eigenvalue weighted by Gasteiger charge is -2.15. The summed E-state index contributed by atoms with van der Waals surface area (Å²) in [6, 6.07) is 13.6. The summed E-state index contributed by atoms with van der Waals surface area (Å²) in [5.41, 5.74) is 0. The summed E-state index contributed by atoms with van der Waals surface area (Å²) in [5.74, 6) is 2.50. The summed E-state index contributed by atoms with van der Waals surface area (Å²) >= 11 is 0. The van der Waals surface area contributed by atoms with Gasteiger partial charge in [0.05, 0.1) is 12.8 Å². The van der Waals surface area contributed by atoms with Gasteiger partial charge in [0, 0.05) is 19.7 Å². The lowest BCUT2D eigenvalue weighted by atomic mass is 10.3. The second-order valence-corrected chi connectivity index (χ2v) is 5.87. The third-order valence-electron chi connectivity index (χ3n) is 3.51. The van der Waals surface area contributed by atoms with E-state index in [2.05, 4.69) is 15.6 Å². The molecule has 2 rings (SSSR count). The maximum absolute atomic E-state index is 5.84. The number of benzene rings is 1. The van der Waals surface area contributed by atoms with Crippen LogP contribution in [0.25, 0.3) is 0 Å². The van der Waals surface area contributed by atoms with E-state index < -0.39 is 0 Å². The van der Waals surface area contributed by atoms with Crippen molar-refractivity contribution in [2.75, 3.05) is 26.2 Å². The topological polar surface area (TPSA) is 68.0 Å². The average Bonchev–Trinajstić information content (AvgIpc) is 3.16. The Bertz CT molecular complexity index is 621. The van der Waals surface area contributed by atoms with Gasteiger partial charge in [0.25, 0.3) is 0 Å². The molecule has 0 aliphatic rings. The fraction of sp³-hybridized carbons (Fsp3) is 0.450. The SMILES string of the molecule is CCNC(=NCC(C)Oc1ccccc1)NCCCOCc1ccco1.I. The predicted octanol–water partition coefficient (Wildman–Crippen LogP) is 3.83. The number of furan rings is 1. The number of hydrogen-bond acceptors (Lipinski definition) is 4. The molecule has 2 aromatic rings. The number of nitrogens with one attached hydrogen (secondary N) is 2. The number of hydrogen-bond donors (Lipinski definition) is 2. The van der Waals surface area contributed by atoms with Gasteiger partial charge in [-0.15, -0.1) is 24.0 Å². The maximum Gasteiger partial charge on any atom is 0.191 e. The molecule has 1 aromatic carbocycles. The zero-order valence-corrected chi connectivity index (χ0v) is 18.3. The first-order chi connectivity index (χ1) is 12.8. The van der Waals surface area contributed by atoms with Gasteiger partial charge in [-0.05, 0) is 44.5 Å². The minimum absolute atomic E-state index is 0. The molecule has 7 heteroatoms. The Morgan fingerprint density at radius 2 is 1.96 bits per heavy atom. The van der Waals surface area contributed by atoms with E-state index in [9.17, 15) is 0 Å². The summed E-state index contributed by atoms with van der Waals surface area (Å²) < 4.78 is 16.6. The van der Waals surface area contributed by atoms with Gasteiger partial charge in [0.15, 0.2) is 5.96 Å². The van der Waals surface area contributed by atoms with Crippen molar-refractivity contribution in [1.82, 2.24) is 10.6 Å². The van der Waals surface area contributed by atoms with E-state index in [0.717, 1.165) is 37.0 Å². The standard InChI is InChI=1S/C20H29N3O3.HI/c1-3-21-20(22-12-8-13-24-16-19-11-7-14-25-19)23-15-17(2)26-18-9-5-4-6-10-18;/h4-7,9-11,14,17H,3,8,12-13,15-16H2,1-2H3,(H2,21,22,23);1H. The van der Waals surface area contributed by atoms with Crippen molar-refractivity contribution < 1.29 is 13.9 Å². The molecule has 6 nitrogen and oxygen atoms in total. The van der Waals surface area contributed by atoms with E-state index in [0.29, 0.717) is 19.8 Å². The fourth-order valence-corrected chi connectivity index (χ4v) is 2.28. The van der Waals surface area contributed by atoms with Crippen LogP contribution in [0.4, 0.5) is 0 Å². The number of halogens is 1. The van der Waals surface area contributed by atoms with E-state index in [1.165, 1.54) is 0 Å². The molecule has 1 aromatic heterocycles. The second-order valence-electron chi connectivity index (χ2n) is 5.87. The highest BCUT2D eigenvalue weighted by molar-refractivity contribution is 14.0. The predicted molar refractivity (Wildman–Crippen MR) is 119 cm³/mol. The molecule has 150 valence electrons. The first-order valence-corrected chi connectivity index (χ1v) is 9.12. The molecule has 0 bridgehead atoms. The highest BCUT2D eigenvalue weighted by Gasteiger charge is 2.04. The first kappa shape index (κ1) is 23.3. The monoisotopic (exact) mass is 487 g/mol. The lowest BCUT2D eigenvalue weighted by molar-refractivity contribution is 0.105. The molecule has 0 amide bonds. The number of para-hydroxylation sites is 1. The summed E-state index contributed by atoms with van der Waals surface area (Å²) in [6.45, 7) is 7.43. The Balaban J connectivity index is 0.00000364. The largest absolute Gasteiger partial charge is 0.489 e. The van der Waals surface area contributed by atoms with Gasteiger partial charge in [-0.1, -0.05) is 18.2 Å². The lowest BCUT2D eigenvalue weighted by Crippen LogP contribution is -2.38. The molecule has 0 saturated carbocycles. The Hall–Kier alpha value is -1.74. The van der Waals surface area contributed by atoms with Crippen molar-refractivity contribution in [2.45, 2.75) is 33.0 Å². The second kappa shape index (κ2) is 14.3.